The van der Waals surface area contributed by atoms with Crippen LogP contribution in [0, 0.1) is 17.6 Å². The van der Waals surface area contributed by atoms with Gasteiger partial charge in [-0.25, -0.2) is 26.9 Å². The van der Waals surface area contributed by atoms with E-state index in [0.29, 0.717) is 17.6 Å². The van der Waals surface area contributed by atoms with Gasteiger partial charge in [0.05, 0.1) is 11.9 Å². The minimum absolute atomic E-state index is 0.0346. The molecule has 162 valence electrons. The number of nitrogens with one attached hydrogen (secondary N) is 1. The van der Waals surface area contributed by atoms with Crippen molar-refractivity contribution in [1.29, 1.82) is 0 Å². The molecular formula is C20H19F2N5O3S. The molecule has 0 spiro atoms. The number of hydrogen-bond donors (Lipinski definition) is 1. The highest BCUT2D eigenvalue weighted by molar-refractivity contribution is 7.89. The van der Waals surface area contributed by atoms with Gasteiger partial charge in [0.15, 0.2) is 5.82 Å². The Morgan fingerprint density at radius 3 is 2.55 bits per heavy atom. The summed E-state index contributed by atoms with van der Waals surface area (Å²) in [5.74, 6) is -1.89. The van der Waals surface area contributed by atoms with Crippen molar-refractivity contribution in [1.82, 2.24) is 19.1 Å². The minimum Gasteiger partial charge on any atom is -0.324 e. The normalized spacial score (nSPS) is 15.7. The summed E-state index contributed by atoms with van der Waals surface area (Å²) in [5.41, 5.74) is 0.512. The van der Waals surface area contributed by atoms with Gasteiger partial charge in [0.1, 0.15) is 16.5 Å². The summed E-state index contributed by atoms with van der Waals surface area (Å²) in [6, 6.07) is 7.50. The first kappa shape index (κ1) is 21.1. The number of sulfonamides is 1. The highest BCUT2D eigenvalue weighted by Crippen LogP contribution is 2.26. The highest BCUT2D eigenvalue weighted by Gasteiger charge is 2.33. The SMILES string of the molecule is O=C(Nc1ccc(-n2cccn2)nc1)C1CCN(S(=O)(=O)c2cc(F)ccc2F)CC1. The zero-order valence-electron chi connectivity index (χ0n) is 16.3. The Morgan fingerprint density at radius 2 is 1.90 bits per heavy atom. The number of benzene rings is 1. The fourth-order valence-electron chi connectivity index (χ4n) is 3.42. The van der Waals surface area contributed by atoms with Gasteiger partial charge >= 0.3 is 0 Å². The Morgan fingerprint density at radius 1 is 1.13 bits per heavy atom. The van der Waals surface area contributed by atoms with Crippen LogP contribution in [0.5, 0.6) is 0 Å². The van der Waals surface area contributed by atoms with Crippen molar-refractivity contribution in [3.05, 3.63) is 66.6 Å². The lowest BCUT2D eigenvalue weighted by atomic mass is 9.97. The largest absolute Gasteiger partial charge is 0.324 e. The molecule has 1 saturated heterocycles. The van der Waals surface area contributed by atoms with Crippen molar-refractivity contribution < 1.29 is 22.0 Å². The number of carbonyl (C=O) groups excluding carboxylic acids is 1. The molecule has 11 heteroatoms. The van der Waals surface area contributed by atoms with Gasteiger partial charge in [-0.2, -0.15) is 9.40 Å². The Balaban J connectivity index is 1.37. The lowest BCUT2D eigenvalue weighted by molar-refractivity contribution is -0.120. The third-order valence-electron chi connectivity index (χ3n) is 5.09. The van der Waals surface area contributed by atoms with Crippen molar-refractivity contribution in [3.8, 4) is 5.82 Å². The summed E-state index contributed by atoms with van der Waals surface area (Å²) >= 11 is 0. The lowest BCUT2D eigenvalue weighted by Crippen LogP contribution is -2.41. The van der Waals surface area contributed by atoms with Crippen molar-refractivity contribution in [2.45, 2.75) is 17.7 Å². The number of hydrogen-bond acceptors (Lipinski definition) is 5. The molecular weight excluding hydrogens is 428 g/mol. The predicted octanol–water partition coefficient (Wildman–Crippen LogP) is 2.58. The fourth-order valence-corrected chi connectivity index (χ4v) is 4.96. The molecule has 0 radical (unpaired) electrons. The number of halogens is 2. The summed E-state index contributed by atoms with van der Waals surface area (Å²) in [7, 11) is -4.18. The van der Waals surface area contributed by atoms with Crippen molar-refractivity contribution >= 4 is 21.6 Å². The summed E-state index contributed by atoms with van der Waals surface area (Å²) < 4.78 is 55.3. The molecule has 3 aromatic rings. The zero-order valence-corrected chi connectivity index (χ0v) is 17.1. The Bertz CT molecular complexity index is 1180. The highest BCUT2D eigenvalue weighted by atomic mass is 32.2. The lowest BCUT2D eigenvalue weighted by Gasteiger charge is -2.30. The Kier molecular flexibility index (Phi) is 5.79. The van der Waals surface area contributed by atoms with E-state index in [1.54, 1.807) is 35.3 Å². The molecule has 1 aromatic carbocycles. The summed E-state index contributed by atoms with van der Waals surface area (Å²) in [6.07, 6.45) is 5.42. The number of amides is 1. The summed E-state index contributed by atoms with van der Waals surface area (Å²) in [5, 5.41) is 6.86. The van der Waals surface area contributed by atoms with Crippen LogP contribution in [0.1, 0.15) is 12.8 Å². The average Bonchev–Trinajstić information content (AvgIpc) is 3.31. The first-order chi connectivity index (χ1) is 14.8. The third kappa shape index (κ3) is 4.47. The maximum atomic E-state index is 13.9. The molecule has 0 aliphatic carbocycles. The molecule has 3 heterocycles. The third-order valence-corrected chi connectivity index (χ3v) is 7.00. The maximum absolute atomic E-state index is 13.9. The standard InChI is InChI=1S/C20H19F2N5O3S/c21-15-2-4-17(22)18(12-15)31(29,30)26-10-6-14(7-11-26)20(28)25-16-3-5-19(23-13-16)27-9-1-8-24-27/h1-5,8-9,12-14H,6-7,10-11H2,(H,25,28). The number of nitrogens with zero attached hydrogens (tertiary/aromatic N) is 4. The van der Waals surface area contributed by atoms with Crippen LogP contribution in [-0.4, -0.2) is 46.5 Å². The van der Waals surface area contributed by atoms with Crippen LogP contribution < -0.4 is 5.32 Å². The molecule has 1 fully saturated rings. The van der Waals surface area contributed by atoms with Crippen LogP contribution in [0.3, 0.4) is 0 Å². The van der Waals surface area contributed by atoms with E-state index in [1.807, 2.05) is 0 Å². The second-order valence-corrected chi connectivity index (χ2v) is 9.00. The Labute approximate surface area is 177 Å². The smallest absolute Gasteiger partial charge is 0.246 e. The molecule has 0 unspecified atom stereocenters. The van der Waals surface area contributed by atoms with E-state index in [2.05, 4.69) is 15.4 Å². The van der Waals surface area contributed by atoms with Crippen LogP contribution in [0.15, 0.2) is 59.9 Å². The van der Waals surface area contributed by atoms with Crippen molar-refractivity contribution in [2.75, 3.05) is 18.4 Å². The summed E-state index contributed by atoms with van der Waals surface area (Å²) in [4.78, 5) is 16.1. The van der Waals surface area contributed by atoms with E-state index in [4.69, 9.17) is 0 Å². The van der Waals surface area contributed by atoms with E-state index < -0.39 is 32.5 Å². The second-order valence-electron chi connectivity index (χ2n) is 7.10. The van der Waals surface area contributed by atoms with Crippen LogP contribution >= 0.6 is 0 Å². The van der Waals surface area contributed by atoms with Gasteiger partial charge in [0, 0.05) is 31.4 Å². The van der Waals surface area contributed by atoms with E-state index in [9.17, 15) is 22.0 Å². The van der Waals surface area contributed by atoms with Gasteiger partial charge in [-0.1, -0.05) is 0 Å². The molecule has 2 aromatic heterocycles. The molecule has 1 amide bonds. The molecule has 0 saturated carbocycles. The van der Waals surface area contributed by atoms with Gasteiger partial charge < -0.3 is 5.32 Å². The predicted molar refractivity (Wildman–Crippen MR) is 108 cm³/mol. The zero-order chi connectivity index (χ0) is 22.0. The fraction of sp³-hybridized carbons (Fsp3) is 0.250. The van der Waals surface area contributed by atoms with Gasteiger partial charge in [0.2, 0.25) is 15.9 Å². The van der Waals surface area contributed by atoms with E-state index in [0.717, 1.165) is 16.4 Å². The molecule has 8 nitrogen and oxygen atoms in total. The van der Waals surface area contributed by atoms with E-state index in [1.165, 1.54) is 6.20 Å². The molecule has 1 N–H and O–H groups in total. The topological polar surface area (TPSA) is 97.2 Å². The first-order valence-corrected chi connectivity index (χ1v) is 11.0. The number of pyridine rings is 1. The van der Waals surface area contributed by atoms with E-state index in [-0.39, 0.29) is 31.8 Å². The van der Waals surface area contributed by atoms with Gasteiger partial charge in [-0.05, 0) is 49.2 Å². The number of carbonyl (C=O) groups is 1. The van der Waals surface area contributed by atoms with E-state index >= 15 is 0 Å². The molecule has 1 aliphatic rings. The van der Waals surface area contributed by atoms with Gasteiger partial charge in [0.25, 0.3) is 0 Å². The number of anilines is 1. The minimum atomic E-state index is -4.18. The van der Waals surface area contributed by atoms with Crippen molar-refractivity contribution in [3.63, 3.8) is 0 Å². The van der Waals surface area contributed by atoms with Gasteiger partial charge in [-0.15, -0.1) is 0 Å². The maximum Gasteiger partial charge on any atom is 0.246 e. The molecule has 1 aliphatic heterocycles. The monoisotopic (exact) mass is 447 g/mol. The number of piperidine rings is 1. The van der Waals surface area contributed by atoms with Crippen LogP contribution in [-0.2, 0) is 14.8 Å². The van der Waals surface area contributed by atoms with Crippen LogP contribution in [0.4, 0.5) is 14.5 Å². The van der Waals surface area contributed by atoms with Crippen molar-refractivity contribution in [2.24, 2.45) is 5.92 Å². The van der Waals surface area contributed by atoms with Gasteiger partial charge in [-0.3, -0.25) is 4.79 Å². The molecule has 0 atom stereocenters. The quantitative estimate of drug-likeness (QED) is 0.649. The summed E-state index contributed by atoms with van der Waals surface area (Å²) in [6.45, 7) is 0.0692. The molecule has 0 bridgehead atoms. The Hall–Kier alpha value is -3.18. The molecule has 4 rings (SSSR count). The van der Waals surface area contributed by atoms with Crippen LogP contribution in [0.2, 0.25) is 0 Å². The number of aromatic nitrogens is 3. The molecule has 31 heavy (non-hydrogen) atoms. The average molecular weight is 447 g/mol. The second kappa shape index (κ2) is 8.52. The van der Waals surface area contributed by atoms with Crippen LogP contribution in [0.25, 0.3) is 5.82 Å². The number of rotatable bonds is 5. The first-order valence-electron chi connectivity index (χ1n) is 9.57.